The van der Waals surface area contributed by atoms with Crippen LogP contribution in [0, 0.1) is 5.82 Å². The molecule has 0 radical (unpaired) electrons. The molecule has 0 aliphatic rings. The Morgan fingerprint density at radius 3 is 2.23 bits per heavy atom. The molecule has 0 aliphatic heterocycles. The molecule has 2 rings (SSSR count). The Kier molecular flexibility index (Phi) is 6.20. The third-order valence-electron chi connectivity index (χ3n) is 3.80. The molecule has 0 saturated heterocycles. The standard InChI is InChI=1S/C18H21FN2O4S/c1-13(18(22)20-12-14-4-6-15(19)7-5-14)21(26(3,23)24)16-8-10-17(25-2)11-9-16/h4-11,13H,12H2,1-3H3,(H,20,22)/t13-/m1/s1. The number of hydrogen-bond donors (Lipinski definition) is 1. The lowest BCUT2D eigenvalue weighted by Crippen LogP contribution is -2.47. The molecule has 2 aromatic carbocycles. The number of anilines is 1. The number of carbonyl (C=O) groups is 1. The summed E-state index contributed by atoms with van der Waals surface area (Å²) in [5, 5.41) is 2.67. The van der Waals surface area contributed by atoms with Crippen LogP contribution in [-0.2, 0) is 21.4 Å². The van der Waals surface area contributed by atoms with Gasteiger partial charge in [0.25, 0.3) is 0 Å². The van der Waals surface area contributed by atoms with Gasteiger partial charge >= 0.3 is 0 Å². The van der Waals surface area contributed by atoms with Crippen LogP contribution in [0.3, 0.4) is 0 Å². The van der Waals surface area contributed by atoms with E-state index < -0.39 is 22.0 Å². The maximum absolute atomic E-state index is 12.9. The minimum atomic E-state index is -3.69. The van der Waals surface area contributed by atoms with Gasteiger partial charge in [-0.25, -0.2) is 12.8 Å². The fourth-order valence-electron chi connectivity index (χ4n) is 2.48. The van der Waals surface area contributed by atoms with E-state index in [1.807, 2.05) is 0 Å². The SMILES string of the molecule is COc1ccc(N([C@H](C)C(=O)NCc2ccc(F)cc2)S(C)(=O)=O)cc1. The molecule has 0 spiro atoms. The Hall–Kier alpha value is -2.61. The van der Waals surface area contributed by atoms with E-state index >= 15 is 0 Å². The second-order valence-corrected chi connectivity index (χ2v) is 7.64. The molecule has 6 nitrogen and oxygen atoms in total. The Morgan fingerprint density at radius 1 is 1.15 bits per heavy atom. The van der Waals surface area contributed by atoms with Gasteiger partial charge in [-0.05, 0) is 48.9 Å². The summed E-state index contributed by atoms with van der Waals surface area (Å²) < 4.78 is 43.5. The van der Waals surface area contributed by atoms with Crippen molar-refractivity contribution in [2.75, 3.05) is 17.7 Å². The lowest BCUT2D eigenvalue weighted by molar-refractivity contribution is -0.122. The number of nitrogens with zero attached hydrogens (tertiary/aromatic N) is 1. The highest BCUT2D eigenvalue weighted by atomic mass is 32.2. The summed E-state index contributed by atoms with van der Waals surface area (Å²) in [5.74, 6) is -0.248. The van der Waals surface area contributed by atoms with Crippen molar-refractivity contribution in [3.63, 3.8) is 0 Å². The van der Waals surface area contributed by atoms with Crippen LogP contribution in [0.2, 0.25) is 0 Å². The number of amides is 1. The van der Waals surface area contributed by atoms with Crippen LogP contribution in [0.15, 0.2) is 48.5 Å². The average Bonchev–Trinajstić information content (AvgIpc) is 2.60. The smallest absolute Gasteiger partial charge is 0.243 e. The van der Waals surface area contributed by atoms with Crippen molar-refractivity contribution in [2.24, 2.45) is 0 Å². The van der Waals surface area contributed by atoms with Crippen LogP contribution in [0.4, 0.5) is 10.1 Å². The van der Waals surface area contributed by atoms with E-state index in [1.54, 1.807) is 36.4 Å². The number of halogens is 1. The predicted molar refractivity (Wildman–Crippen MR) is 98.0 cm³/mol. The fourth-order valence-corrected chi connectivity index (χ4v) is 3.65. The molecule has 0 aromatic heterocycles. The van der Waals surface area contributed by atoms with Gasteiger partial charge in [0.15, 0.2) is 0 Å². The minimum absolute atomic E-state index is 0.170. The number of benzene rings is 2. The molecular formula is C18H21FN2O4S. The van der Waals surface area contributed by atoms with Crippen molar-refractivity contribution in [1.82, 2.24) is 5.32 Å². The molecule has 8 heteroatoms. The third kappa shape index (κ3) is 4.95. The van der Waals surface area contributed by atoms with E-state index in [9.17, 15) is 17.6 Å². The first kappa shape index (κ1) is 19.7. The number of ether oxygens (including phenoxy) is 1. The molecule has 0 saturated carbocycles. The van der Waals surface area contributed by atoms with Gasteiger partial charge in [-0.2, -0.15) is 0 Å². The first-order valence-electron chi connectivity index (χ1n) is 7.88. The number of nitrogens with one attached hydrogen (secondary N) is 1. The first-order valence-corrected chi connectivity index (χ1v) is 9.73. The lowest BCUT2D eigenvalue weighted by atomic mass is 10.2. The van der Waals surface area contributed by atoms with Crippen LogP contribution >= 0.6 is 0 Å². The predicted octanol–water partition coefficient (Wildman–Crippen LogP) is 2.31. The fraction of sp³-hybridized carbons (Fsp3) is 0.278. The summed E-state index contributed by atoms with van der Waals surface area (Å²) in [6, 6.07) is 11.1. The number of hydrogen-bond acceptors (Lipinski definition) is 4. The molecule has 1 amide bonds. The van der Waals surface area contributed by atoms with Crippen molar-refractivity contribution in [2.45, 2.75) is 19.5 Å². The van der Waals surface area contributed by atoms with E-state index in [2.05, 4.69) is 5.32 Å². The van der Waals surface area contributed by atoms with Crippen LogP contribution in [0.1, 0.15) is 12.5 Å². The normalized spacial score (nSPS) is 12.3. The summed E-state index contributed by atoms with van der Waals surface area (Å²) in [5.41, 5.74) is 1.07. The van der Waals surface area contributed by atoms with Crippen LogP contribution in [-0.4, -0.2) is 33.7 Å². The van der Waals surface area contributed by atoms with Crippen LogP contribution in [0.25, 0.3) is 0 Å². The summed E-state index contributed by atoms with van der Waals surface area (Å²) in [6.45, 7) is 1.68. The van der Waals surface area contributed by atoms with Crippen LogP contribution in [0.5, 0.6) is 5.75 Å². The molecule has 1 atom stereocenters. The first-order chi connectivity index (χ1) is 12.2. The van der Waals surface area contributed by atoms with Gasteiger partial charge in [0.05, 0.1) is 19.1 Å². The molecule has 1 N–H and O–H groups in total. The molecule has 0 unspecified atom stereocenters. The van der Waals surface area contributed by atoms with Gasteiger partial charge in [-0.1, -0.05) is 12.1 Å². The highest BCUT2D eigenvalue weighted by Gasteiger charge is 2.28. The molecule has 0 bridgehead atoms. The van der Waals surface area contributed by atoms with Crippen molar-refractivity contribution >= 4 is 21.6 Å². The molecule has 2 aromatic rings. The van der Waals surface area contributed by atoms with E-state index in [-0.39, 0.29) is 12.4 Å². The molecule has 0 fully saturated rings. The number of sulfonamides is 1. The summed E-state index contributed by atoms with van der Waals surface area (Å²) in [7, 11) is -2.18. The average molecular weight is 380 g/mol. The maximum Gasteiger partial charge on any atom is 0.243 e. The topological polar surface area (TPSA) is 75.7 Å². The highest BCUT2D eigenvalue weighted by molar-refractivity contribution is 7.92. The zero-order valence-corrected chi connectivity index (χ0v) is 15.6. The number of methoxy groups -OCH3 is 1. The summed E-state index contributed by atoms with van der Waals surface area (Å²) >= 11 is 0. The van der Waals surface area contributed by atoms with Gasteiger partial charge in [0.2, 0.25) is 15.9 Å². The Labute approximate surface area is 152 Å². The maximum atomic E-state index is 12.9. The van der Waals surface area contributed by atoms with Gasteiger partial charge in [0.1, 0.15) is 17.6 Å². The van der Waals surface area contributed by atoms with Crippen molar-refractivity contribution < 1.29 is 22.3 Å². The number of rotatable bonds is 7. The molecule has 26 heavy (non-hydrogen) atoms. The van der Waals surface area contributed by atoms with Gasteiger partial charge in [-0.3, -0.25) is 9.10 Å². The van der Waals surface area contributed by atoms with Crippen molar-refractivity contribution in [3.05, 3.63) is 59.9 Å². The largest absolute Gasteiger partial charge is 0.497 e. The zero-order chi connectivity index (χ0) is 19.3. The van der Waals surface area contributed by atoms with E-state index in [4.69, 9.17) is 4.74 Å². The molecule has 140 valence electrons. The summed E-state index contributed by atoms with van der Waals surface area (Å²) in [4.78, 5) is 12.5. The Bertz CT molecular complexity index is 852. The zero-order valence-electron chi connectivity index (χ0n) is 14.8. The van der Waals surface area contributed by atoms with E-state index in [0.717, 1.165) is 10.6 Å². The lowest BCUT2D eigenvalue weighted by Gasteiger charge is -2.28. The Balaban J connectivity index is 2.16. The van der Waals surface area contributed by atoms with Gasteiger partial charge in [0, 0.05) is 6.54 Å². The van der Waals surface area contributed by atoms with Crippen molar-refractivity contribution in [3.8, 4) is 5.75 Å². The Morgan fingerprint density at radius 2 is 1.73 bits per heavy atom. The minimum Gasteiger partial charge on any atom is -0.497 e. The monoisotopic (exact) mass is 380 g/mol. The summed E-state index contributed by atoms with van der Waals surface area (Å²) in [6.07, 6.45) is 1.04. The molecular weight excluding hydrogens is 359 g/mol. The van der Waals surface area contributed by atoms with Crippen molar-refractivity contribution in [1.29, 1.82) is 0 Å². The van der Waals surface area contributed by atoms with E-state index in [1.165, 1.54) is 26.2 Å². The highest BCUT2D eigenvalue weighted by Crippen LogP contribution is 2.23. The molecule has 0 aliphatic carbocycles. The van der Waals surface area contributed by atoms with E-state index in [0.29, 0.717) is 17.0 Å². The number of carbonyl (C=O) groups excluding carboxylic acids is 1. The van der Waals surface area contributed by atoms with Crippen LogP contribution < -0.4 is 14.4 Å². The second-order valence-electron chi connectivity index (χ2n) is 5.78. The second kappa shape index (κ2) is 8.18. The molecule has 0 heterocycles. The van der Waals surface area contributed by atoms with Gasteiger partial charge in [-0.15, -0.1) is 0 Å². The van der Waals surface area contributed by atoms with Gasteiger partial charge < -0.3 is 10.1 Å². The third-order valence-corrected chi connectivity index (χ3v) is 5.04. The quantitative estimate of drug-likeness (QED) is 0.800.